The summed E-state index contributed by atoms with van der Waals surface area (Å²) in [6, 6.07) is 9.43. The zero-order valence-electron chi connectivity index (χ0n) is 12.4. The molecule has 1 aliphatic rings. The van der Waals surface area contributed by atoms with Crippen LogP contribution in [0.2, 0.25) is 5.02 Å². The van der Waals surface area contributed by atoms with E-state index in [1.807, 2.05) is 36.9 Å². The molecule has 1 aromatic carbocycles. The highest BCUT2D eigenvalue weighted by Gasteiger charge is 2.28. The van der Waals surface area contributed by atoms with Crippen LogP contribution in [-0.2, 0) is 4.79 Å². The number of carbonyl (C=O) groups is 1. The van der Waals surface area contributed by atoms with Gasteiger partial charge < -0.3 is 4.90 Å². The predicted octanol–water partition coefficient (Wildman–Crippen LogP) is 2.70. The normalized spacial score (nSPS) is 17.6. The molecular formula is C16H20ClN3O. The van der Waals surface area contributed by atoms with Gasteiger partial charge in [0, 0.05) is 42.7 Å². The third-order valence-corrected chi connectivity index (χ3v) is 4.15. The summed E-state index contributed by atoms with van der Waals surface area (Å²) in [4.78, 5) is 16.0. The lowest BCUT2D eigenvalue weighted by molar-refractivity contribution is -0.136. The standard InChI is InChI=1S/C16H20ClN3O/c1-12(2)16(21)20-9-7-19(8-10-20)15(11-18)13-5-3-4-6-14(13)17/h3-6,12,15H,7-10H2,1-2H3. The smallest absolute Gasteiger partial charge is 0.225 e. The minimum atomic E-state index is -0.352. The third-order valence-electron chi connectivity index (χ3n) is 3.81. The second kappa shape index (κ2) is 6.93. The Bertz CT molecular complexity index is 545. The van der Waals surface area contributed by atoms with Gasteiger partial charge in [0.1, 0.15) is 6.04 Å². The Kier molecular flexibility index (Phi) is 5.22. The van der Waals surface area contributed by atoms with Crippen molar-refractivity contribution in [3.05, 3.63) is 34.9 Å². The lowest BCUT2D eigenvalue weighted by Gasteiger charge is -2.37. The van der Waals surface area contributed by atoms with Crippen LogP contribution in [-0.4, -0.2) is 41.9 Å². The van der Waals surface area contributed by atoms with E-state index in [4.69, 9.17) is 11.6 Å². The van der Waals surface area contributed by atoms with Crippen molar-refractivity contribution in [2.75, 3.05) is 26.2 Å². The Balaban J connectivity index is 2.06. The van der Waals surface area contributed by atoms with E-state index in [1.54, 1.807) is 6.07 Å². The first-order valence-electron chi connectivity index (χ1n) is 7.21. The highest BCUT2D eigenvalue weighted by Crippen LogP contribution is 2.27. The van der Waals surface area contributed by atoms with Gasteiger partial charge >= 0.3 is 0 Å². The average Bonchev–Trinajstić information content (AvgIpc) is 2.50. The predicted molar refractivity (Wildman–Crippen MR) is 82.8 cm³/mol. The van der Waals surface area contributed by atoms with Crippen LogP contribution in [0, 0.1) is 17.2 Å². The summed E-state index contributed by atoms with van der Waals surface area (Å²) in [7, 11) is 0. The molecular weight excluding hydrogens is 286 g/mol. The molecule has 4 nitrogen and oxygen atoms in total. The minimum absolute atomic E-state index is 0.0203. The third kappa shape index (κ3) is 3.55. The van der Waals surface area contributed by atoms with E-state index in [-0.39, 0.29) is 17.9 Å². The summed E-state index contributed by atoms with van der Waals surface area (Å²) in [5.74, 6) is 0.202. The van der Waals surface area contributed by atoms with Gasteiger partial charge in [0.05, 0.1) is 6.07 Å². The SMILES string of the molecule is CC(C)C(=O)N1CCN(C(C#N)c2ccccc2Cl)CC1. The van der Waals surface area contributed by atoms with Crippen LogP contribution < -0.4 is 0 Å². The summed E-state index contributed by atoms with van der Waals surface area (Å²) in [6.07, 6.45) is 0. The first-order chi connectivity index (χ1) is 10.0. The van der Waals surface area contributed by atoms with Gasteiger partial charge in [-0.15, -0.1) is 0 Å². The molecule has 1 aromatic rings. The number of rotatable bonds is 3. The molecule has 112 valence electrons. The van der Waals surface area contributed by atoms with E-state index in [1.165, 1.54) is 0 Å². The quantitative estimate of drug-likeness (QED) is 0.862. The largest absolute Gasteiger partial charge is 0.340 e. The molecule has 0 aliphatic carbocycles. The van der Waals surface area contributed by atoms with Crippen LogP contribution in [0.1, 0.15) is 25.5 Å². The molecule has 0 bridgehead atoms. The highest BCUT2D eigenvalue weighted by atomic mass is 35.5. The molecule has 1 heterocycles. The Hall–Kier alpha value is -1.57. The highest BCUT2D eigenvalue weighted by molar-refractivity contribution is 6.31. The van der Waals surface area contributed by atoms with Crippen molar-refractivity contribution in [1.29, 1.82) is 5.26 Å². The van der Waals surface area contributed by atoms with E-state index in [0.29, 0.717) is 31.2 Å². The molecule has 21 heavy (non-hydrogen) atoms. The molecule has 0 spiro atoms. The van der Waals surface area contributed by atoms with Crippen molar-refractivity contribution < 1.29 is 4.79 Å². The Morgan fingerprint density at radius 3 is 2.38 bits per heavy atom. The van der Waals surface area contributed by atoms with Crippen molar-refractivity contribution in [3.63, 3.8) is 0 Å². The monoisotopic (exact) mass is 305 g/mol. The Morgan fingerprint density at radius 1 is 1.24 bits per heavy atom. The molecule has 1 unspecified atom stereocenters. The van der Waals surface area contributed by atoms with Crippen molar-refractivity contribution in [3.8, 4) is 6.07 Å². The molecule has 1 atom stereocenters. The van der Waals surface area contributed by atoms with Crippen molar-refractivity contribution in [2.45, 2.75) is 19.9 Å². The summed E-state index contributed by atoms with van der Waals surface area (Å²) < 4.78 is 0. The summed E-state index contributed by atoms with van der Waals surface area (Å²) in [5.41, 5.74) is 0.838. The van der Waals surface area contributed by atoms with Crippen molar-refractivity contribution in [2.24, 2.45) is 5.92 Å². The molecule has 0 N–H and O–H groups in total. The second-order valence-electron chi connectivity index (χ2n) is 5.57. The summed E-state index contributed by atoms with van der Waals surface area (Å²) in [6.45, 7) is 6.55. The van der Waals surface area contributed by atoms with Crippen LogP contribution >= 0.6 is 11.6 Å². The van der Waals surface area contributed by atoms with Gasteiger partial charge in [0.15, 0.2) is 0 Å². The number of amides is 1. The molecule has 0 saturated carbocycles. The van der Waals surface area contributed by atoms with Crippen LogP contribution in [0.4, 0.5) is 0 Å². The fourth-order valence-corrected chi connectivity index (χ4v) is 2.85. The van der Waals surface area contributed by atoms with E-state index >= 15 is 0 Å². The zero-order valence-corrected chi connectivity index (χ0v) is 13.2. The molecule has 5 heteroatoms. The molecule has 2 rings (SSSR count). The van der Waals surface area contributed by atoms with Gasteiger partial charge in [-0.1, -0.05) is 43.6 Å². The van der Waals surface area contributed by atoms with Gasteiger partial charge in [-0.3, -0.25) is 9.69 Å². The maximum Gasteiger partial charge on any atom is 0.225 e. The molecule has 0 radical (unpaired) electrons. The number of benzene rings is 1. The number of hydrogen-bond donors (Lipinski definition) is 0. The van der Waals surface area contributed by atoms with Crippen molar-refractivity contribution >= 4 is 17.5 Å². The number of halogens is 1. The second-order valence-corrected chi connectivity index (χ2v) is 5.98. The lowest BCUT2D eigenvalue weighted by Crippen LogP contribution is -2.50. The van der Waals surface area contributed by atoms with Gasteiger partial charge in [-0.2, -0.15) is 5.26 Å². The first-order valence-corrected chi connectivity index (χ1v) is 7.59. The van der Waals surface area contributed by atoms with Crippen LogP contribution in [0.25, 0.3) is 0 Å². The zero-order chi connectivity index (χ0) is 15.4. The Labute approximate surface area is 130 Å². The summed E-state index contributed by atoms with van der Waals surface area (Å²) >= 11 is 6.20. The number of hydrogen-bond acceptors (Lipinski definition) is 3. The van der Waals surface area contributed by atoms with Crippen LogP contribution in [0.15, 0.2) is 24.3 Å². The van der Waals surface area contributed by atoms with E-state index in [9.17, 15) is 10.1 Å². The van der Waals surface area contributed by atoms with Gasteiger partial charge in [-0.05, 0) is 6.07 Å². The maximum absolute atomic E-state index is 12.0. The number of nitrogens with zero attached hydrogens (tertiary/aromatic N) is 3. The number of piperazine rings is 1. The fourth-order valence-electron chi connectivity index (χ4n) is 2.61. The topological polar surface area (TPSA) is 47.3 Å². The minimum Gasteiger partial charge on any atom is -0.340 e. The summed E-state index contributed by atoms with van der Waals surface area (Å²) in [5, 5.41) is 10.1. The number of nitriles is 1. The number of carbonyl (C=O) groups excluding carboxylic acids is 1. The molecule has 0 aromatic heterocycles. The fraction of sp³-hybridized carbons (Fsp3) is 0.500. The molecule has 1 saturated heterocycles. The van der Waals surface area contributed by atoms with E-state index in [2.05, 4.69) is 11.0 Å². The van der Waals surface area contributed by atoms with Crippen LogP contribution in [0.3, 0.4) is 0 Å². The van der Waals surface area contributed by atoms with Gasteiger partial charge in [-0.25, -0.2) is 0 Å². The van der Waals surface area contributed by atoms with E-state index < -0.39 is 0 Å². The van der Waals surface area contributed by atoms with E-state index in [0.717, 1.165) is 5.56 Å². The molecule has 1 fully saturated rings. The lowest BCUT2D eigenvalue weighted by atomic mass is 10.1. The maximum atomic E-state index is 12.0. The van der Waals surface area contributed by atoms with Crippen molar-refractivity contribution in [1.82, 2.24) is 9.80 Å². The molecule has 1 amide bonds. The van der Waals surface area contributed by atoms with Crippen LogP contribution in [0.5, 0.6) is 0 Å². The first kappa shape index (κ1) is 15.8. The molecule has 1 aliphatic heterocycles. The van der Waals surface area contributed by atoms with Gasteiger partial charge in [0.2, 0.25) is 5.91 Å². The van der Waals surface area contributed by atoms with Gasteiger partial charge in [0.25, 0.3) is 0 Å². The average molecular weight is 306 g/mol. The Morgan fingerprint density at radius 2 is 1.86 bits per heavy atom.